The first-order valence-corrected chi connectivity index (χ1v) is 4.76. The number of carbonyl (C=O) groups is 3. The molecule has 0 aromatic rings. The lowest BCUT2D eigenvalue weighted by molar-refractivity contribution is -0.149. The largest absolute Gasteiger partial charge is 0.480 e. The maximum absolute atomic E-state index is 11.4. The molecule has 17 heavy (non-hydrogen) atoms. The number of hydrogen-bond acceptors (Lipinski definition) is 6. The van der Waals surface area contributed by atoms with Crippen molar-refractivity contribution in [3.05, 3.63) is 0 Å². The molecule has 0 aliphatic rings. The minimum atomic E-state index is -1.36. The predicted octanol–water partition coefficient (Wildman–Crippen LogP) is -1.91. The number of carboxylic acids is 1. The van der Waals surface area contributed by atoms with E-state index in [4.69, 9.17) is 10.8 Å². The summed E-state index contributed by atoms with van der Waals surface area (Å²) in [6, 6.07) is -2.35. The van der Waals surface area contributed by atoms with Crippen LogP contribution in [0.1, 0.15) is 6.42 Å². The third kappa shape index (κ3) is 5.83. The molecule has 8 heteroatoms. The zero-order valence-electron chi connectivity index (χ0n) is 9.63. The Hall–Kier alpha value is -1.67. The number of carboxylic acid groups (broad SMARTS) is 1. The molecule has 0 fully saturated rings. The van der Waals surface area contributed by atoms with Crippen molar-refractivity contribution >= 4 is 17.8 Å². The smallest absolute Gasteiger partial charge is 0.326 e. The van der Waals surface area contributed by atoms with Crippen molar-refractivity contribution in [2.45, 2.75) is 18.5 Å². The summed E-state index contributed by atoms with van der Waals surface area (Å²) in [5, 5.41) is 10.9. The summed E-state index contributed by atoms with van der Waals surface area (Å²) in [6.45, 7) is -0.0452. The summed E-state index contributed by atoms with van der Waals surface area (Å²) >= 11 is 0. The average molecular weight is 248 g/mol. The van der Waals surface area contributed by atoms with Crippen molar-refractivity contribution in [3.8, 4) is 0 Å². The lowest BCUT2D eigenvalue weighted by Crippen LogP contribution is -2.50. The van der Waals surface area contributed by atoms with Crippen LogP contribution in [0.25, 0.3) is 0 Å². The fourth-order valence-electron chi connectivity index (χ4n) is 0.984. The SMILES string of the molecule is COCC(N)C(=O)N[C@@H](CC(=O)OC)C(=O)O. The highest BCUT2D eigenvalue weighted by molar-refractivity contribution is 5.89. The summed E-state index contributed by atoms with van der Waals surface area (Å²) in [6.07, 6.45) is -0.461. The van der Waals surface area contributed by atoms with Gasteiger partial charge in [0.2, 0.25) is 5.91 Å². The minimum absolute atomic E-state index is 0.0452. The average Bonchev–Trinajstić information content (AvgIpc) is 2.27. The van der Waals surface area contributed by atoms with E-state index in [0.29, 0.717) is 0 Å². The standard InChI is InChI=1S/C9H16N2O6/c1-16-4-5(10)8(13)11-6(9(14)15)3-7(12)17-2/h5-6H,3-4,10H2,1-2H3,(H,11,13)(H,14,15)/t5?,6-/m0/s1. The lowest BCUT2D eigenvalue weighted by Gasteiger charge is -2.16. The van der Waals surface area contributed by atoms with Gasteiger partial charge in [-0.3, -0.25) is 9.59 Å². The second-order valence-corrected chi connectivity index (χ2v) is 3.24. The maximum atomic E-state index is 11.4. The number of hydrogen-bond donors (Lipinski definition) is 3. The molecule has 0 radical (unpaired) electrons. The van der Waals surface area contributed by atoms with E-state index in [0.717, 1.165) is 7.11 Å². The number of methoxy groups -OCH3 is 2. The molecule has 0 spiro atoms. The van der Waals surface area contributed by atoms with E-state index in [1.54, 1.807) is 0 Å². The van der Waals surface area contributed by atoms with E-state index < -0.39 is 36.4 Å². The summed E-state index contributed by atoms with van der Waals surface area (Å²) in [5.74, 6) is -2.78. The first-order valence-electron chi connectivity index (χ1n) is 4.76. The summed E-state index contributed by atoms with van der Waals surface area (Å²) < 4.78 is 8.96. The van der Waals surface area contributed by atoms with Crippen LogP contribution in [0.4, 0.5) is 0 Å². The number of nitrogens with one attached hydrogen (secondary N) is 1. The van der Waals surface area contributed by atoms with Crippen LogP contribution in [0.3, 0.4) is 0 Å². The molecule has 1 amide bonds. The molecule has 1 unspecified atom stereocenters. The number of esters is 1. The molecule has 0 aliphatic carbocycles. The van der Waals surface area contributed by atoms with Gasteiger partial charge >= 0.3 is 11.9 Å². The first-order chi connectivity index (χ1) is 7.92. The molecule has 4 N–H and O–H groups in total. The van der Waals surface area contributed by atoms with Gasteiger partial charge in [0.25, 0.3) is 0 Å². The van der Waals surface area contributed by atoms with E-state index in [1.165, 1.54) is 7.11 Å². The van der Waals surface area contributed by atoms with Crippen LogP contribution in [0.2, 0.25) is 0 Å². The second-order valence-electron chi connectivity index (χ2n) is 3.24. The van der Waals surface area contributed by atoms with Crippen LogP contribution in [-0.2, 0) is 23.9 Å². The lowest BCUT2D eigenvalue weighted by atomic mass is 10.2. The third-order valence-electron chi connectivity index (χ3n) is 1.90. The van der Waals surface area contributed by atoms with Gasteiger partial charge in [-0.2, -0.15) is 0 Å². The first kappa shape index (κ1) is 15.3. The van der Waals surface area contributed by atoms with Crippen molar-refractivity contribution in [1.29, 1.82) is 0 Å². The highest BCUT2D eigenvalue weighted by Crippen LogP contribution is 1.96. The highest BCUT2D eigenvalue weighted by atomic mass is 16.5. The van der Waals surface area contributed by atoms with Crippen LogP contribution < -0.4 is 11.1 Å². The van der Waals surface area contributed by atoms with E-state index in [1.807, 2.05) is 0 Å². The molecule has 0 rings (SSSR count). The van der Waals surface area contributed by atoms with Gasteiger partial charge in [0.15, 0.2) is 0 Å². The molecule has 0 saturated carbocycles. The normalized spacial score (nSPS) is 13.6. The van der Waals surface area contributed by atoms with Crippen LogP contribution in [0, 0.1) is 0 Å². The Balaban J connectivity index is 4.39. The van der Waals surface area contributed by atoms with Crippen LogP contribution in [-0.4, -0.2) is 55.9 Å². The number of aliphatic carboxylic acids is 1. The quantitative estimate of drug-likeness (QED) is 0.448. The summed E-state index contributed by atoms with van der Waals surface area (Å²) in [7, 11) is 2.48. The van der Waals surface area contributed by atoms with Gasteiger partial charge in [0.05, 0.1) is 20.1 Å². The molecule has 0 aromatic carbocycles. The zero-order chi connectivity index (χ0) is 13.4. The fraction of sp³-hybridized carbons (Fsp3) is 0.667. The Morgan fingerprint density at radius 1 is 1.35 bits per heavy atom. The number of nitrogens with two attached hydrogens (primary N) is 1. The van der Waals surface area contributed by atoms with Gasteiger partial charge in [0.1, 0.15) is 12.1 Å². The molecular weight excluding hydrogens is 232 g/mol. The molecule has 0 saturated heterocycles. The summed E-state index contributed by atoms with van der Waals surface area (Å²) in [4.78, 5) is 33.1. The Labute approximate surface area is 98.1 Å². The van der Waals surface area contributed by atoms with Crippen LogP contribution in [0.15, 0.2) is 0 Å². The monoisotopic (exact) mass is 248 g/mol. The maximum Gasteiger partial charge on any atom is 0.326 e. The van der Waals surface area contributed by atoms with Gasteiger partial charge < -0.3 is 25.6 Å². The van der Waals surface area contributed by atoms with Gasteiger partial charge in [0, 0.05) is 7.11 Å². The van der Waals surface area contributed by atoms with Gasteiger partial charge in [-0.15, -0.1) is 0 Å². The Morgan fingerprint density at radius 3 is 2.35 bits per heavy atom. The van der Waals surface area contributed by atoms with E-state index >= 15 is 0 Å². The molecule has 0 aromatic heterocycles. The topological polar surface area (TPSA) is 128 Å². The molecular formula is C9H16N2O6. The Bertz CT molecular complexity index is 293. The molecule has 0 bridgehead atoms. The van der Waals surface area contributed by atoms with Gasteiger partial charge in [-0.25, -0.2) is 4.79 Å². The van der Waals surface area contributed by atoms with Crippen LogP contribution >= 0.6 is 0 Å². The molecule has 0 heterocycles. The van der Waals surface area contributed by atoms with E-state index in [2.05, 4.69) is 14.8 Å². The molecule has 98 valence electrons. The highest BCUT2D eigenvalue weighted by Gasteiger charge is 2.25. The minimum Gasteiger partial charge on any atom is -0.480 e. The predicted molar refractivity (Wildman–Crippen MR) is 56.1 cm³/mol. The van der Waals surface area contributed by atoms with Crippen molar-refractivity contribution < 1.29 is 29.0 Å². The number of rotatable bonds is 7. The Kier molecular flexibility index (Phi) is 6.83. The molecule has 8 nitrogen and oxygen atoms in total. The van der Waals surface area contributed by atoms with Gasteiger partial charge in [-0.05, 0) is 0 Å². The molecule has 0 aliphatic heterocycles. The number of carbonyl (C=O) groups excluding carboxylic acids is 2. The number of ether oxygens (including phenoxy) is 2. The van der Waals surface area contributed by atoms with Crippen molar-refractivity contribution in [1.82, 2.24) is 5.32 Å². The second kappa shape index (κ2) is 7.58. The van der Waals surface area contributed by atoms with Crippen molar-refractivity contribution in [3.63, 3.8) is 0 Å². The van der Waals surface area contributed by atoms with Crippen LogP contribution in [0.5, 0.6) is 0 Å². The summed E-state index contributed by atoms with van der Waals surface area (Å²) in [5.41, 5.74) is 5.39. The van der Waals surface area contributed by atoms with E-state index in [9.17, 15) is 14.4 Å². The number of amides is 1. The third-order valence-corrected chi connectivity index (χ3v) is 1.90. The van der Waals surface area contributed by atoms with Gasteiger partial charge in [-0.1, -0.05) is 0 Å². The molecule has 2 atom stereocenters. The Morgan fingerprint density at radius 2 is 1.94 bits per heavy atom. The van der Waals surface area contributed by atoms with Crippen molar-refractivity contribution in [2.24, 2.45) is 5.73 Å². The van der Waals surface area contributed by atoms with Crippen molar-refractivity contribution in [2.75, 3.05) is 20.8 Å². The van der Waals surface area contributed by atoms with E-state index in [-0.39, 0.29) is 6.61 Å². The fourth-order valence-corrected chi connectivity index (χ4v) is 0.984. The zero-order valence-corrected chi connectivity index (χ0v) is 9.63.